The number of rotatable bonds is 18. The summed E-state index contributed by atoms with van der Waals surface area (Å²) >= 11 is 12.3. The Kier molecular flexibility index (Phi) is 14.3. The van der Waals surface area contributed by atoms with Crippen LogP contribution in [0.15, 0.2) is 60.7 Å². The number of amides is 2. The lowest BCUT2D eigenvalue weighted by Gasteiger charge is -2.24. The number of para-hydroxylation sites is 1. The van der Waals surface area contributed by atoms with Crippen molar-refractivity contribution in [3.8, 4) is 5.75 Å². The second-order valence-corrected chi connectivity index (χ2v) is 10.6. The summed E-state index contributed by atoms with van der Waals surface area (Å²) in [7, 11) is 0. The largest absolute Gasteiger partial charge is 0.508 e. The van der Waals surface area contributed by atoms with Gasteiger partial charge in [-0.15, -0.1) is 0 Å². The summed E-state index contributed by atoms with van der Waals surface area (Å²) in [6.45, 7) is 2.69. The number of urea groups is 1. The fourth-order valence-electron chi connectivity index (χ4n) is 4.41. The Hall–Kier alpha value is -2.89. The minimum Gasteiger partial charge on any atom is -0.508 e. The molecular weight excluding hydrogens is 581 g/mol. The van der Waals surface area contributed by atoms with E-state index in [1.54, 1.807) is 36.4 Å². The molecule has 0 spiro atoms. The number of hydrogen-bond acceptors (Lipinski definition) is 7. The molecule has 0 radical (unpaired) electrons. The van der Waals surface area contributed by atoms with E-state index in [2.05, 4.69) is 5.32 Å². The van der Waals surface area contributed by atoms with Crippen LogP contribution in [0.5, 0.6) is 5.75 Å². The van der Waals surface area contributed by atoms with Gasteiger partial charge in [-0.3, -0.25) is 4.90 Å². The zero-order valence-corrected chi connectivity index (χ0v) is 25.0. The lowest BCUT2D eigenvalue weighted by atomic mass is 10.1. The number of aliphatic hydroxyl groups is 2. The van der Waals surface area contributed by atoms with Crippen LogP contribution in [0.3, 0.4) is 0 Å². The maximum Gasteiger partial charge on any atom is 0.323 e. The monoisotopic (exact) mass is 619 g/mol. The van der Waals surface area contributed by atoms with Gasteiger partial charge in [0, 0.05) is 34.3 Å². The number of unbranched alkanes of at least 4 members (excludes halogenated alkanes) is 3. The number of carbonyl (C=O) groups is 1. The van der Waals surface area contributed by atoms with Crippen LogP contribution >= 0.6 is 23.2 Å². The van der Waals surface area contributed by atoms with Crippen molar-refractivity contribution in [2.75, 3.05) is 37.8 Å². The van der Waals surface area contributed by atoms with Crippen LogP contribution in [0.2, 0.25) is 10.0 Å². The molecule has 6 N–H and O–H groups in total. The van der Waals surface area contributed by atoms with Crippen LogP contribution in [0.4, 0.5) is 16.2 Å². The van der Waals surface area contributed by atoms with Crippen molar-refractivity contribution >= 4 is 40.6 Å². The quantitative estimate of drug-likeness (QED) is 0.113. The molecule has 0 heterocycles. The highest BCUT2D eigenvalue weighted by molar-refractivity contribution is 6.35. The highest BCUT2D eigenvalue weighted by Gasteiger charge is 2.19. The van der Waals surface area contributed by atoms with Gasteiger partial charge in [0.2, 0.25) is 0 Å². The van der Waals surface area contributed by atoms with Gasteiger partial charge in [-0.2, -0.15) is 0 Å². The van der Waals surface area contributed by atoms with Gasteiger partial charge in [0.15, 0.2) is 0 Å². The van der Waals surface area contributed by atoms with Gasteiger partial charge in [0.25, 0.3) is 0 Å². The Morgan fingerprint density at radius 3 is 2.36 bits per heavy atom. The van der Waals surface area contributed by atoms with Crippen molar-refractivity contribution in [1.82, 2.24) is 5.32 Å². The van der Waals surface area contributed by atoms with E-state index in [0.29, 0.717) is 58.9 Å². The molecule has 0 aliphatic rings. The van der Waals surface area contributed by atoms with Gasteiger partial charge in [0.1, 0.15) is 5.75 Å². The number of benzene rings is 3. The number of primary amides is 1. The van der Waals surface area contributed by atoms with Crippen LogP contribution in [0.25, 0.3) is 0 Å². The third-order valence-corrected chi connectivity index (χ3v) is 7.01. The summed E-state index contributed by atoms with van der Waals surface area (Å²) in [6, 6.07) is 16.3. The molecule has 0 aliphatic carbocycles. The third kappa shape index (κ3) is 10.7. The first-order chi connectivity index (χ1) is 20.3. The van der Waals surface area contributed by atoms with Gasteiger partial charge in [0.05, 0.1) is 43.9 Å². The minimum absolute atomic E-state index is 0.0224. The van der Waals surface area contributed by atoms with Crippen LogP contribution in [-0.4, -0.2) is 54.3 Å². The average molecular weight is 621 g/mol. The summed E-state index contributed by atoms with van der Waals surface area (Å²) in [5.41, 5.74) is 8.60. The van der Waals surface area contributed by atoms with Gasteiger partial charge < -0.3 is 35.8 Å². The zero-order valence-electron chi connectivity index (χ0n) is 23.5. The summed E-state index contributed by atoms with van der Waals surface area (Å²) < 4.78 is 11.5. The summed E-state index contributed by atoms with van der Waals surface area (Å²) in [6.07, 6.45) is 3.30. The van der Waals surface area contributed by atoms with Crippen molar-refractivity contribution in [1.29, 1.82) is 0 Å². The number of hydrogen-bond donors (Lipinski definition) is 5. The van der Waals surface area contributed by atoms with E-state index >= 15 is 0 Å². The Labute approximate surface area is 256 Å². The van der Waals surface area contributed by atoms with Gasteiger partial charge in [-0.25, -0.2) is 4.79 Å². The number of phenols is 1. The van der Waals surface area contributed by atoms with E-state index in [-0.39, 0.29) is 19.0 Å². The fourth-order valence-corrected chi connectivity index (χ4v) is 4.92. The molecule has 0 saturated carbocycles. The molecule has 228 valence electrons. The molecule has 0 saturated heterocycles. The number of anilines is 2. The number of ether oxygens (including phenoxy) is 2. The standard InChI is InChI=1S/C31H39Cl2N3O6/c32-25-16-26(33)18-27(17-25)36(31(34)40)28-8-4-3-7-23(28)21-42-14-13-41-12-6-2-1-5-11-35-19-30(39)22-9-10-29(38)24(15-22)20-37/h3-4,7-10,15-18,30,35,37-39H,1-2,5-6,11-14,19-21H2,(H2,34,40)/t30-/m0/s1. The Morgan fingerprint density at radius 2 is 1.62 bits per heavy atom. The number of nitrogens with one attached hydrogen (secondary N) is 1. The van der Waals surface area contributed by atoms with E-state index in [4.69, 9.17) is 38.4 Å². The molecule has 3 aromatic rings. The Morgan fingerprint density at radius 1 is 0.905 bits per heavy atom. The van der Waals surface area contributed by atoms with Gasteiger partial charge >= 0.3 is 6.03 Å². The van der Waals surface area contributed by atoms with Crippen molar-refractivity contribution in [3.05, 3.63) is 87.4 Å². The molecule has 9 nitrogen and oxygen atoms in total. The molecule has 3 rings (SSSR count). The average Bonchev–Trinajstić information content (AvgIpc) is 2.95. The van der Waals surface area contributed by atoms with Crippen LogP contribution in [0.1, 0.15) is 48.5 Å². The maximum absolute atomic E-state index is 12.3. The molecule has 0 bridgehead atoms. The number of halogens is 2. The van der Waals surface area contributed by atoms with Crippen molar-refractivity contribution in [3.63, 3.8) is 0 Å². The van der Waals surface area contributed by atoms with Crippen molar-refractivity contribution in [2.24, 2.45) is 5.73 Å². The van der Waals surface area contributed by atoms with Crippen LogP contribution in [0, 0.1) is 0 Å². The highest BCUT2D eigenvalue weighted by atomic mass is 35.5. The van der Waals surface area contributed by atoms with Crippen LogP contribution < -0.4 is 16.0 Å². The molecular formula is C31H39Cl2N3O6. The molecule has 0 aromatic heterocycles. The van der Waals surface area contributed by atoms with E-state index < -0.39 is 12.1 Å². The van der Waals surface area contributed by atoms with E-state index in [1.165, 1.54) is 11.0 Å². The molecule has 11 heteroatoms. The van der Waals surface area contributed by atoms with Crippen molar-refractivity contribution < 1.29 is 29.6 Å². The minimum atomic E-state index is -0.704. The van der Waals surface area contributed by atoms with Gasteiger partial charge in [-0.05, 0) is 61.3 Å². The number of nitrogens with zero attached hydrogens (tertiary/aromatic N) is 1. The Balaban J connectivity index is 1.27. The molecule has 3 aromatic carbocycles. The Bertz CT molecular complexity index is 1260. The predicted octanol–water partition coefficient (Wildman–Crippen LogP) is 5.82. The second-order valence-electron chi connectivity index (χ2n) is 9.78. The first-order valence-corrected chi connectivity index (χ1v) is 14.7. The molecule has 42 heavy (non-hydrogen) atoms. The molecule has 1 atom stereocenters. The van der Waals surface area contributed by atoms with Crippen molar-refractivity contribution in [2.45, 2.75) is 45.0 Å². The second kappa shape index (κ2) is 17.9. The van der Waals surface area contributed by atoms with Crippen LogP contribution in [-0.2, 0) is 22.7 Å². The first kappa shape index (κ1) is 33.6. The third-order valence-electron chi connectivity index (χ3n) is 6.58. The molecule has 0 aliphatic heterocycles. The predicted molar refractivity (Wildman–Crippen MR) is 165 cm³/mol. The number of carbonyl (C=O) groups excluding carboxylic acids is 1. The molecule has 0 fully saturated rings. The maximum atomic E-state index is 12.3. The SMILES string of the molecule is NC(=O)N(c1cc(Cl)cc(Cl)c1)c1ccccc1COCCOCCCCCCNC[C@H](O)c1ccc(O)c(CO)c1. The summed E-state index contributed by atoms with van der Waals surface area (Å²) in [4.78, 5) is 13.7. The summed E-state index contributed by atoms with van der Waals surface area (Å²) in [5, 5.41) is 33.2. The summed E-state index contributed by atoms with van der Waals surface area (Å²) in [5.74, 6) is 0.0224. The topological polar surface area (TPSA) is 138 Å². The molecule has 0 unspecified atom stereocenters. The van der Waals surface area contributed by atoms with E-state index in [0.717, 1.165) is 37.8 Å². The smallest absolute Gasteiger partial charge is 0.323 e. The van der Waals surface area contributed by atoms with Gasteiger partial charge in [-0.1, -0.05) is 60.3 Å². The van der Waals surface area contributed by atoms with E-state index in [1.807, 2.05) is 18.2 Å². The number of aromatic hydroxyl groups is 1. The molecule has 2 amide bonds. The highest BCUT2D eigenvalue weighted by Crippen LogP contribution is 2.33. The number of nitrogens with two attached hydrogens (primary N) is 1. The number of aliphatic hydroxyl groups excluding tert-OH is 2. The normalized spacial score (nSPS) is 11.9. The zero-order chi connectivity index (χ0) is 30.3. The van der Waals surface area contributed by atoms with E-state index in [9.17, 15) is 20.1 Å². The first-order valence-electron chi connectivity index (χ1n) is 13.9. The lowest BCUT2D eigenvalue weighted by molar-refractivity contribution is 0.0394. The fraction of sp³-hybridized carbons (Fsp3) is 0.387. The lowest BCUT2D eigenvalue weighted by Crippen LogP contribution is -2.32.